The SMILES string of the molecule is N#Cc1ccc2ccccc2c1C1CCCO1. The van der Waals surface area contributed by atoms with Crippen molar-refractivity contribution >= 4 is 10.8 Å². The maximum Gasteiger partial charge on any atom is 0.0995 e. The summed E-state index contributed by atoms with van der Waals surface area (Å²) in [6.45, 7) is 0.804. The second kappa shape index (κ2) is 4.20. The third-order valence-electron chi connectivity index (χ3n) is 3.34. The molecule has 0 radical (unpaired) electrons. The van der Waals surface area contributed by atoms with Gasteiger partial charge in [-0.3, -0.25) is 0 Å². The molecule has 1 fully saturated rings. The quantitative estimate of drug-likeness (QED) is 0.740. The van der Waals surface area contributed by atoms with Gasteiger partial charge in [0, 0.05) is 12.2 Å². The highest BCUT2D eigenvalue weighted by Crippen LogP contribution is 2.35. The second-order valence-electron chi connectivity index (χ2n) is 4.36. The van der Waals surface area contributed by atoms with Crippen molar-refractivity contribution in [1.29, 1.82) is 5.26 Å². The van der Waals surface area contributed by atoms with Gasteiger partial charge in [0.1, 0.15) is 0 Å². The maximum atomic E-state index is 9.23. The Labute approximate surface area is 100 Å². The molecule has 1 saturated heterocycles. The predicted molar refractivity (Wildman–Crippen MR) is 66.6 cm³/mol. The van der Waals surface area contributed by atoms with Crippen molar-refractivity contribution in [3.63, 3.8) is 0 Å². The standard InChI is InChI=1S/C15H13NO/c16-10-12-8-7-11-4-1-2-5-13(11)15(12)14-6-3-9-17-14/h1-2,4-5,7-8,14H,3,6,9H2. The van der Waals surface area contributed by atoms with Crippen LogP contribution in [0.1, 0.15) is 30.1 Å². The Balaban J connectivity index is 2.27. The molecule has 2 nitrogen and oxygen atoms in total. The van der Waals surface area contributed by atoms with Crippen LogP contribution in [0.15, 0.2) is 36.4 Å². The first kappa shape index (κ1) is 10.3. The van der Waals surface area contributed by atoms with E-state index in [1.165, 1.54) is 5.39 Å². The van der Waals surface area contributed by atoms with E-state index in [9.17, 15) is 5.26 Å². The van der Waals surface area contributed by atoms with Gasteiger partial charge in [-0.1, -0.05) is 30.3 Å². The van der Waals surface area contributed by atoms with Crippen LogP contribution in [-0.4, -0.2) is 6.61 Å². The van der Waals surface area contributed by atoms with Crippen molar-refractivity contribution in [2.75, 3.05) is 6.61 Å². The Morgan fingerprint density at radius 1 is 1.18 bits per heavy atom. The van der Waals surface area contributed by atoms with Gasteiger partial charge in [0.05, 0.1) is 17.7 Å². The Morgan fingerprint density at radius 3 is 2.82 bits per heavy atom. The van der Waals surface area contributed by atoms with E-state index < -0.39 is 0 Å². The third-order valence-corrected chi connectivity index (χ3v) is 3.34. The summed E-state index contributed by atoms with van der Waals surface area (Å²) in [5, 5.41) is 11.6. The van der Waals surface area contributed by atoms with Crippen LogP contribution < -0.4 is 0 Å². The Hall–Kier alpha value is -1.85. The molecule has 0 aliphatic carbocycles. The van der Waals surface area contributed by atoms with E-state index in [0.717, 1.165) is 36.0 Å². The van der Waals surface area contributed by atoms with Crippen LogP contribution in [0.2, 0.25) is 0 Å². The summed E-state index contributed by atoms with van der Waals surface area (Å²) in [5.41, 5.74) is 1.82. The van der Waals surface area contributed by atoms with E-state index in [1.807, 2.05) is 24.3 Å². The lowest BCUT2D eigenvalue weighted by Crippen LogP contribution is -2.00. The van der Waals surface area contributed by atoms with Gasteiger partial charge in [-0.25, -0.2) is 0 Å². The largest absolute Gasteiger partial charge is 0.373 e. The molecule has 17 heavy (non-hydrogen) atoms. The van der Waals surface area contributed by atoms with Crippen LogP contribution in [0.4, 0.5) is 0 Å². The van der Waals surface area contributed by atoms with Gasteiger partial charge in [-0.15, -0.1) is 0 Å². The van der Waals surface area contributed by atoms with Gasteiger partial charge in [-0.2, -0.15) is 5.26 Å². The van der Waals surface area contributed by atoms with Gasteiger partial charge in [0.2, 0.25) is 0 Å². The van der Waals surface area contributed by atoms with Crippen molar-refractivity contribution in [3.05, 3.63) is 47.5 Å². The van der Waals surface area contributed by atoms with E-state index in [-0.39, 0.29) is 6.10 Å². The molecule has 0 bridgehead atoms. The molecule has 1 heterocycles. The van der Waals surface area contributed by atoms with Gasteiger partial charge in [0.15, 0.2) is 0 Å². The number of ether oxygens (including phenoxy) is 1. The maximum absolute atomic E-state index is 9.23. The molecule has 3 rings (SSSR count). The zero-order chi connectivity index (χ0) is 11.7. The predicted octanol–water partition coefficient (Wildman–Crippen LogP) is 3.56. The van der Waals surface area contributed by atoms with Crippen LogP contribution >= 0.6 is 0 Å². The van der Waals surface area contributed by atoms with Crippen LogP contribution in [0.5, 0.6) is 0 Å². The molecule has 2 aromatic carbocycles. The molecule has 1 unspecified atom stereocenters. The average molecular weight is 223 g/mol. The van der Waals surface area contributed by atoms with Crippen molar-refractivity contribution in [2.45, 2.75) is 18.9 Å². The first-order valence-corrected chi connectivity index (χ1v) is 5.93. The van der Waals surface area contributed by atoms with Crippen LogP contribution in [-0.2, 0) is 4.74 Å². The summed E-state index contributed by atoms with van der Waals surface area (Å²) in [7, 11) is 0. The van der Waals surface area contributed by atoms with E-state index in [4.69, 9.17) is 4.74 Å². The highest BCUT2D eigenvalue weighted by atomic mass is 16.5. The number of hydrogen-bond donors (Lipinski definition) is 0. The minimum Gasteiger partial charge on any atom is -0.373 e. The number of fused-ring (bicyclic) bond motifs is 1. The van der Waals surface area contributed by atoms with Crippen molar-refractivity contribution in [3.8, 4) is 6.07 Å². The lowest BCUT2D eigenvalue weighted by molar-refractivity contribution is 0.113. The molecule has 0 saturated carbocycles. The lowest BCUT2D eigenvalue weighted by atomic mass is 9.94. The summed E-state index contributed by atoms with van der Waals surface area (Å²) in [5.74, 6) is 0. The first-order chi connectivity index (χ1) is 8.40. The fourth-order valence-electron chi connectivity index (χ4n) is 2.55. The zero-order valence-electron chi connectivity index (χ0n) is 9.52. The monoisotopic (exact) mass is 223 g/mol. The van der Waals surface area contributed by atoms with Crippen LogP contribution in [0.3, 0.4) is 0 Å². The van der Waals surface area contributed by atoms with Crippen LogP contribution in [0.25, 0.3) is 10.8 Å². The van der Waals surface area contributed by atoms with Crippen molar-refractivity contribution < 1.29 is 4.74 Å². The first-order valence-electron chi connectivity index (χ1n) is 5.93. The molecule has 1 atom stereocenters. The number of rotatable bonds is 1. The lowest BCUT2D eigenvalue weighted by Gasteiger charge is -2.14. The van der Waals surface area contributed by atoms with Gasteiger partial charge in [-0.05, 0) is 29.7 Å². The second-order valence-corrected chi connectivity index (χ2v) is 4.36. The fraction of sp³-hybridized carbons (Fsp3) is 0.267. The number of nitrogens with zero attached hydrogens (tertiary/aromatic N) is 1. The van der Waals surface area contributed by atoms with Gasteiger partial charge >= 0.3 is 0 Å². The fourth-order valence-corrected chi connectivity index (χ4v) is 2.55. The Kier molecular flexibility index (Phi) is 2.55. The number of benzene rings is 2. The van der Waals surface area contributed by atoms with Crippen LogP contribution in [0, 0.1) is 11.3 Å². The van der Waals surface area contributed by atoms with E-state index >= 15 is 0 Å². The summed E-state index contributed by atoms with van der Waals surface area (Å²) >= 11 is 0. The molecule has 84 valence electrons. The Bertz CT molecular complexity index is 591. The summed E-state index contributed by atoms with van der Waals surface area (Å²) in [4.78, 5) is 0. The molecule has 0 N–H and O–H groups in total. The molecule has 0 amide bonds. The molecule has 2 heteroatoms. The molecular weight excluding hydrogens is 210 g/mol. The average Bonchev–Trinajstić information content (AvgIpc) is 2.91. The van der Waals surface area contributed by atoms with Crippen molar-refractivity contribution in [2.24, 2.45) is 0 Å². The zero-order valence-corrected chi connectivity index (χ0v) is 9.52. The summed E-state index contributed by atoms with van der Waals surface area (Å²) in [6.07, 6.45) is 2.19. The smallest absolute Gasteiger partial charge is 0.0995 e. The molecule has 1 aliphatic rings. The topological polar surface area (TPSA) is 33.0 Å². The number of nitriles is 1. The summed E-state index contributed by atoms with van der Waals surface area (Å²) in [6, 6.07) is 14.4. The minimum absolute atomic E-state index is 0.0933. The van der Waals surface area contributed by atoms with E-state index in [2.05, 4.69) is 18.2 Å². The highest BCUT2D eigenvalue weighted by molar-refractivity contribution is 5.88. The highest BCUT2D eigenvalue weighted by Gasteiger charge is 2.22. The third kappa shape index (κ3) is 1.69. The van der Waals surface area contributed by atoms with Gasteiger partial charge in [0.25, 0.3) is 0 Å². The number of hydrogen-bond acceptors (Lipinski definition) is 2. The Morgan fingerprint density at radius 2 is 2.06 bits per heavy atom. The summed E-state index contributed by atoms with van der Waals surface area (Å²) < 4.78 is 5.74. The van der Waals surface area contributed by atoms with Gasteiger partial charge < -0.3 is 4.74 Å². The van der Waals surface area contributed by atoms with E-state index in [0.29, 0.717) is 0 Å². The van der Waals surface area contributed by atoms with E-state index in [1.54, 1.807) is 0 Å². The molecule has 0 spiro atoms. The minimum atomic E-state index is 0.0933. The molecular formula is C15H13NO. The molecule has 1 aliphatic heterocycles. The normalized spacial score (nSPS) is 19.4. The molecule has 0 aromatic heterocycles. The molecule has 2 aromatic rings. The van der Waals surface area contributed by atoms with Crippen molar-refractivity contribution in [1.82, 2.24) is 0 Å².